The van der Waals surface area contributed by atoms with Crippen molar-refractivity contribution >= 4 is 10.0 Å². The Balaban J connectivity index is 2.77. The lowest BCUT2D eigenvalue weighted by molar-refractivity contribution is 0.317. The summed E-state index contributed by atoms with van der Waals surface area (Å²) in [6.07, 6.45) is 5.07. The molecule has 1 aliphatic carbocycles. The van der Waals surface area contributed by atoms with Crippen LogP contribution < -0.4 is 5.73 Å². The molecular weight excluding hydrogens is 224 g/mol. The fraction of sp³-hybridized carbons (Fsp3) is 1.00. The van der Waals surface area contributed by atoms with Gasteiger partial charge in [0.25, 0.3) is 0 Å². The van der Waals surface area contributed by atoms with Gasteiger partial charge in [0, 0.05) is 12.6 Å². The lowest BCUT2D eigenvalue weighted by atomic mass is 10.2. The highest BCUT2D eigenvalue weighted by Crippen LogP contribution is 2.27. The molecule has 0 spiro atoms. The second-order valence-corrected chi connectivity index (χ2v) is 7.23. The van der Waals surface area contributed by atoms with Gasteiger partial charge in [0.05, 0.1) is 5.25 Å². The normalized spacial score (nSPS) is 18.8. The summed E-state index contributed by atoms with van der Waals surface area (Å²) in [5.41, 5.74) is 5.47. The van der Waals surface area contributed by atoms with E-state index in [2.05, 4.69) is 0 Å². The Morgan fingerprint density at radius 1 is 1.31 bits per heavy atom. The van der Waals surface area contributed by atoms with Crippen LogP contribution in [0.15, 0.2) is 0 Å². The minimum absolute atomic E-state index is 0.221. The second-order valence-electron chi connectivity index (χ2n) is 4.78. The van der Waals surface area contributed by atoms with Crippen LogP contribution in [0.25, 0.3) is 0 Å². The summed E-state index contributed by atoms with van der Waals surface area (Å²) in [5.74, 6) is 0. The molecule has 1 saturated carbocycles. The Morgan fingerprint density at radius 3 is 2.31 bits per heavy atom. The molecule has 0 aromatic heterocycles. The maximum atomic E-state index is 12.2. The summed E-state index contributed by atoms with van der Waals surface area (Å²) in [4.78, 5) is 0. The zero-order chi connectivity index (χ0) is 12.2. The number of rotatable bonds is 6. The Bertz CT molecular complexity index is 295. The third-order valence-corrected chi connectivity index (χ3v) is 5.56. The highest BCUT2D eigenvalue weighted by Gasteiger charge is 2.33. The number of sulfonamides is 1. The van der Waals surface area contributed by atoms with Crippen molar-refractivity contribution in [1.82, 2.24) is 4.31 Å². The molecule has 0 aliphatic heterocycles. The molecular formula is C11H24N2O2S. The van der Waals surface area contributed by atoms with Gasteiger partial charge in [-0.05, 0) is 39.7 Å². The van der Waals surface area contributed by atoms with Gasteiger partial charge in [-0.3, -0.25) is 0 Å². The number of hydrogen-bond acceptors (Lipinski definition) is 3. The fourth-order valence-corrected chi connectivity index (χ4v) is 3.78. The molecule has 2 N–H and O–H groups in total. The second kappa shape index (κ2) is 5.98. The Kier molecular flexibility index (Phi) is 5.21. The molecule has 5 heteroatoms. The zero-order valence-electron chi connectivity index (χ0n) is 10.4. The first-order valence-electron chi connectivity index (χ1n) is 6.21. The summed E-state index contributed by atoms with van der Waals surface area (Å²) < 4.78 is 26.1. The van der Waals surface area contributed by atoms with Crippen LogP contribution in [0.5, 0.6) is 0 Å². The highest BCUT2D eigenvalue weighted by atomic mass is 32.2. The summed E-state index contributed by atoms with van der Waals surface area (Å²) in [6.45, 7) is 4.64. The van der Waals surface area contributed by atoms with Crippen molar-refractivity contribution in [1.29, 1.82) is 0 Å². The molecule has 0 atom stereocenters. The van der Waals surface area contributed by atoms with E-state index in [1.807, 2.05) is 0 Å². The number of nitrogens with two attached hydrogens (primary N) is 1. The average molecular weight is 248 g/mol. The predicted molar refractivity (Wildman–Crippen MR) is 66.7 cm³/mol. The average Bonchev–Trinajstić information content (AvgIpc) is 2.71. The zero-order valence-corrected chi connectivity index (χ0v) is 11.2. The van der Waals surface area contributed by atoms with Crippen LogP contribution in [-0.2, 0) is 10.0 Å². The van der Waals surface area contributed by atoms with Gasteiger partial charge in [0.2, 0.25) is 10.0 Å². The van der Waals surface area contributed by atoms with Gasteiger partial charge in [-0.25, -0.2) is 8.42 Å². The first-order valence-corrected chi connectivity index (χ1v) is 7.71. The first kappa shape index (κ1) is 13.9. The molecule has 0 heterocycles. The van der Waals surface area contributed by atoms with Crippen LogP contribution in [0.2, 0.25) is 0 Å². The van der Waals surface area contributed by atoms with Crippen molar-refractivity contribution in [3.63, 3.8) is 0 Å². The summed E-state index contributed by atoms with van der Waals surface area (Å²) in [5, 5.41) is -0.328. The third-order valence-electron chi connectivity index (χ3n) is 3.24. The van der Waals surface area contributed by atoms with E-state index in [1.165, 1.54) is 0 Å². The topological polar surface area (TPSA) is 63.4 Å². The van der Waals surface area contributed by atoms with Crippen molar-refractivity contribution < 1.29 is 8.42 Å². The molecule has 1 aliphatic rings. The molecule has 1 rings (SSSR count). The molecule has 0 aromatic carbocycles. The van der Waals surface area contributed by atoms with E-state index in [1.54, 1.807) is 18.2 Å². The van der Waals surface area contributed by atoms with E-state index >= 15 is 0 Å². The highest BCUT2D eigenvalue weighted by molar-refractivity contribution is 7.89. The van der Waals surface area contributed by atoms with Gasteiger partial charge in [0.15, 0.2) is 0 Å². The van der Waals surface area contributed by atoms with Crippen LogP contribution in [0, 0.1) is 0 Å². The quantitative estimate of drug-likeness (QED) is 0.771. The van der Waals surface area contributed by atoms with Crippen molar-refractivity contribution in [3.8, 4) is 0 Å². The van der Waals surface area contributed by atoms with Gasteiger partial charge in [0.1, 0.15) is 0 Å². The predicted octanol–water partition coefficient (Wildman–Crippen LogP) is 1.32. The maximum absolute atomic E-state index is 12.2. The van der Waals surface area contributed by atoms with Crippen molar-refractivity contribution in [2.45, 2.75) is 57.2 Å². The SMILES string of the molecule is CC(C)S(=O)(=O)N(CCCN)C1CCCC1. The maximum Gasteiger partial charge on any atom is 0.216 e. The lowest BCUT2D eigenvalue weighted by Crippen LogP contribution is -2.43. The largest absolute Gasteiger partial charge is 0.330 e. The van der Waals surface area contributed by atoms with Crippen LogP contribution in [0.1, 0.15) is 46.0 Å². The van der Waals surface area contributed by atoms with Crippen LogP contribution in [-0.4, -0.2) is 37.1 Å². The summed E-state index contributed by atoms with van der Waals surface area (Å²) >= 11 is 0. The van der Waals surface area contributed by atoms with E-state index < -0.39 is 10.0 Å². The van der Waals surface area contributed by atoms with Gasteiger partial charge in [-0.1, -0.05) is 12.8 Å². The lowest BCUT2D eigenvalue weighted by Gasteiger charge is -2.29. The van der Waals surface area contributed by atoms with E-state index in [0.717, 1.165) is 32.1 Å². The molecule has 0 radical (unpaired) electrons. The van der Waals surface area contributed by atoms with E-state index in [-0.39, 0.29) is 11.3 Å². The molecule has 1 fully saturated rings. The van der Waals surface area contributed by atoms with Crippen LogP contribution >= 0.6 is 0 Å². The van der Waals surface area contributed by atoms with E-state index in [9.17, 15) is 8.42 Å². The monoisotopic (exact) mass is 248 g/mol. The van der Waals surface area contributed by atoms with Crippen molar-refractivity contribution in [3.05, 3.63) is 0 Å². The Hall–Kier alpha value is -0.130. The van der Waals surface area contributed by atoms with Gasteiger partial charge < -0.3 is 5.73 Å². The van der Waals surface area contributed by atoms with Crippen molar-refractivity contribution in [2.75, 3.05) is 13.1 Å². The standard InChI is InChI=1S/C11H24N2O2S/c1-10(2)16(14,15)13(9-5-8-12)11-6-3-4-7-11/h10-11H,3-9,12H2,1-2H3. The van der Waals surface area contributed by atoms with Gasteiger partial charge in [-0.15, -0.1) is 0 Å². The van der Waals surface area contributed by atoms with Gasteiger partial charge >= 0.3 is 0 Å². The summed E-state index contributed by atoms with van der Waals surface area (Å²) in [6, 6.07) is 0.221. The molecule has 0 amide bonds. The van der Waals surface area contributed by atoms with Gasteiger partial charge in [-0.2, -0.15) is 4.31 Å². The molecule has 0 saturated heterocycles. The summed E-state index contributed by atoms with van der Waals surface area (Å²) in [7, 11) is -3.12. The molecule has 0 bridgehead atoms. The Morgan fingerprint density at radius 2 is 1.88 bits per heavy atom. The number of hydrogen-bond donors (Lipinski definition) is 1. The third kappa shape index (κ3) is 3.18. The van der Waals surface area contributed by atoms with E-state index in [0.29, 0.717) is 13.1 Å². The van der Waals surface area contributed by atoms with Crippen molar-refractivity contribution in [2.24, 2.45) is 5.73 Å². The van der Waals surface area contributed by atoms with Crippen LogP contribution in [0.3, 0.4) is 0 Å². The first-order chi connectivity index (χ1) is 7.50. The van der Waals surface area contributed by atoms with E-state index in [4.69, 9.17) is 5.73 Å². The minimum atomic E-state index is -3.12. The molecule has 16 heavy (non-hydrogen) atoms. The smallest absolute Gasteiger partial charge is 0.216 e. The fourth-order valence-electron chi connectivity index (χ4n) is 2.23. The van der Waals surface area contributed by atoms with Crippen LogP contribution in [0.4, 0.5) is 0 Å². The Labute approximate surface area is 99.2 Å². The number of nitrogens with zero attached hydrogens (tertiary/aromatic N) is 1. The molecule has 96 valence electrons. The molecule has 0 unspecified atom stereocenters. The molecule has 4 nitrogen and oxygen atoms in total. The molecule has 0 aromatic rings. The minimum Gasteiger partial charge on any atom is -0.330 e.